The summed E-state index contributed by atoms with van der Waals surface area (Å²) in [4.78, 5) is 3.99. The molecule has 2 nitrogen and oxygen atoms in total. The van der Waals surface area contributed by atoms with Crippen molar-refractivity contribution in [2.24, 2.45) is 0 Å². The van der Waals surface area contributed by atoms with E-state index >= 15 is 0 Å². The molecule has 2 unspecified atom stereocenters. The molecule has 0 aliphatic carbocycles. The maximum Gasteiger partial charge on any atom is 0.0193 e. The third-order valence-electron chi connectivity index (χ3n) is 3.56. The molecule has 0 radical (unpaired) electrons. The average molecular weight is 264 g/mol. The molecule has 0 aromatic heterocycles. The van der Waals surface area contributed by atoms with Gasteiger partial charge in [-0.3, -0.25) is 4.90 Å². The van der Waals surface area contributed by atoms with Crippen molar-refractivity contribution in [1.29, 1.82) is 0 Å². The van der Waals surface area contributed by atoms with Crippen LogP contribution in [-0.4, -0.2) is 42.4 Å². The number of benzene rings is 1. The summed E-state index contributed by atoms with van der Waals surface area (Å²) in [5.41, 5.74) is 1.34. The summed E-state index contributed by atoms with van der Waals surface area (Å²) in [6, 6.07) is 10.1. The Bertz CT molecular complexity index is 363. The minimum absolute atomic E-state index is 0.630. The van der Waals surface area contributed by atoms with Crippen LogP contribution in [0.1, 0.15) is 19.4 Å². The number of aryl methyl sites for hydroxylation is 1. The lowest BCUT2D eigenvalue weighted by Gasteiger charge is -2.37. The van der Waals surface area contributed by atoms with Gasteiger partial charge < -0.3 is 5.32 Å². The molecule has 3 heteroatoms. The number of hydrogen-bond donors (Lipinski definition) is 1. The van der Waals surface area contributed by atoms with E-state index in [1.807, 2.05) is 11.8 Å². The smallest absolute Gasteiger partial charge is 0.0193 e. The van der Waals surface area contributed by atoms with Crippen molar-refractivity contribution >= 4 is 11.8 Å². The Balaban J connectivity index is 1.76. The van der Waals surface area contributed by atoms with E-state index in [2.05, 4.69) is 55.3 Å². The highest BCUT2D eigenvalue weighted by Gasteiger charge is 2.21. The van der Waals surface area contributed by atoms with Crippen molar-refractivity contribution in [1.82, 2.24) is 10.2 Å². The molecule has 1 heterocycles. The van der Waals surface area contributed by atoms with Gasteiger partial charge >= 0.3 is 0 Å². The van der Waals surface area contributed by atoms with Crippen LogP contribution in [0, 0.1) is 6.92 Å². The zero-order valence-corrected chi connectivity index (χ0v) is 12.5. The van der Waals surface area contributed by atoms with Gasteiger partial charge in [0.2, 0.25) is 0 Å². The molecule has 0 spiro atoms. The molecule has 0 saturated carbocycles. The normalized spacial score (nSPS) is 25.3. The summed E-state index contributed by atoms with van der Waals surface area (Å²) in [7, 11) is 0. The zero-order chi connectivity index (χ0) is 13.0. The van der Waals surface area contributed by atoms with Crippen molar-refractivity contribution in [3.05, 3.63) is 29.8 Å². The Labute approximate surface area is 115 Å². The maximum absolute atomic E-state index is 3.53. The molecule has 0 bridgehead atoms. The van der Waals surface area contributed by atoms with E-state index in [0.717, 1.165) is 6.54 Å². The van der Waals surface area contributed by atoms with Crippen molar-refractivity contribution < 1.29 is 0 Å². The van der Waals surface area contributed by atoms with Crippen LogP contribution in [0.25, 0.3) is 0 Å². The van der Waals surface area contributed by atoms with Gasteiger partial charge in [-0.2, -0.15) is 0 Å². The van der Waals surface area contributed by atoms with Crippen LogP contribution in [0.4, 0.5) is 0 Å². The lowest BCUT2D eigenvalue weighted by Crippen LogP contribution is -2.54. The third-order valence-corrected chi connectivity index (χ3v) is 4.55. The van der Waals surface area contributed by atoms with Gasteiger partial charge in [-0.05, 0) is 32.9 Å². The molecule has 1 fully saturated rings. The van der Waals surface area contributed by atoms with Gasteiger partial charge in [-0.25, -0.2) is 0 Å². The first-order valence-electron chi connectivity index (χ1n) is 6.82. The first-order valence-corrected chi connectivity index (χ1v) is 7.80. The van der Waals surface area contributed by atoms with Crippen molar-refractivity contribution in [3.63, 3.8) is 0 Å². The summed E-state index contributed by atoms with van der Waals surface area (Å²) in [5, 5.41) is 3.53. The summed E-state index contributed by atoms with van der Waals surface area (Å²) in [6.45, 7) is 10.2. The quantitative estimate of drug-likeness (QED) is 0.842. The summed E-state index contributed by atoms with van der Waals surface area (Å²) < 4.78 is 0. The van der Waals surface area contributed by atoms with Crippen LogP contribution in [0.2, 0.25) is 0 Å². The topological polar surface area (TPSA) is 15.3 Å². The fourth-order valence-corrected chi connectivity index (χ4v) is 3.21. The van der Waals surface area contributed by atoms with E-state index < -0.39 is 0 Å². The molecule has 1 N–H and O–H groups in total. The predicted molar refractivity (Wildman–Crippen MR) is 80.4 cm³/mol. The second-order valence-corrected chi connectivity index (χ2v) is 6.48. The molecular weight excluding hydrogens is 240 g/mol. The number of nitrogens with zero attached hydrogens (tertiary/aromatic N) is 1. The van der Waals surface area contributed by atoms with Gasteiger partial charge in [0.25, 0.3) is 0 Å². The van der Waals surface area contributed by atoms with Crippen LogP contribution in [0.15, 0.2) is 29.2 Å². The average Bonchev–Trinajstić information content (AvgIpc) is 2.36. The largest absolute Gasteiger partial charge is 0.311 e. The summed E-state index contributed by atoms with van der Waals surface area (Å²) in [6.07, 6.45) is 0. The SMILES string of the molecule is Cc1ccc(SCCN2CC(C)NCC2C)cc1. The number of rotatable bonds is 4. The monoisotopic (exact) mass is 264 g/mol. The number of hydrogen-bond acceptors (Lipinski definition) is 3. The molecule has 100 valence electrons. The Morgan fingerprint density at radius 3 is 2.72 bits per heavy atom. The molecule has 1 aromatic rings. The number of piperazine rings is 1. The molecule has 2 atom stereocenters. The Morgan fingerprint density at radius 2 is 2.00 bits per heavy atom. The molecule has 18 heavy (non-hydrogen) atoms. The van der Waals surface area contributed by atoms with Crippen molar-refractivity contribution in [2.75, 3.05) is 25.4 Å². The van der Waals surface area contributed by atoms with Crippen LogP contribution in [0.3, 0.4) is 0 Å². The molecule has 1 aliphatic heterocycles. The molecular formula is C15H24N2S. The standard InChI is InChI=1S/C15H24N2S/c1-12-4-6-15(7-5-12)18-9-8-17-11-13(2)16-10-14(17)3/h4-7,13-14,16H,8-11H2,1-3H3. The minimum atomic E-state index is 0.630. The van der Waals surface area contributed by atoms with E-state index in [9.17, 15) is 0 Å². The van der Waals surface area contributed by atoms with E-state index in [1.54, 1.807) is 0 Å². The highest BCUT2D eigenvalue weighted by molar-refractivity contribution is 7.99. The fourth-order valence-electron chi connectivity index (χ4n) is 2.32. The highest BCUT2D eigenvalue weighted by atomic mass is 32.2. The van der Waals surface area contributed by atoms with Gasteiger partial charge in [0.05, 0.1) is 0 Å². The second kappa shape index (κ2) is 6.60. The van der Waals surface area contributed by atoms with Gasteiger partial charge in [0.1, 0.15) is 0 Å². The van der Waals surface area contributed by atoms with Gasteiger partial charge in [-0.1, -0.05) is 17.7 Å². The van der Waals surface area contributed by atoms with Gasteiger partial charge in [0, 0.05) is 42.4 Å². The highest BCUT2D eigenvalue weighted by Crippen LogP contribution is 2.19. The van der Waals surface area contributed by atoms with E-state index in [1.165, 1.54) is 29.3 Å². The van der Waals surface area contributed by atoms with E-state index in [4.69, 9.17) is 0 Å². The first kappa shape index (κ1) is 13.9. The van der Waals surface area contributed by atoms with Crippen molar-refractivity contribution in [2.45, 2.75) is 37.8 Å². The van der Waals surface area contributed by atoms with Crippen LogP contribution >= 0.6 is 11.8 Å². The van der Waals surface area contributed by atoms with Crippen LogP contribution in [0.5, 0.6) is 0 Å². The second-order valence-electron chi connectivity index (χ2n) is 5.31. The lowest BCUT2D eigenvalue weighted by molar-refractivity contribution is 0.156. The molecule has 1 aliphatic rings. The Morgan fingerprint density at radius 1 is 1.28 bits per heavy atom. The third kappa shape index (κ3) is 4.01. The number of nitrogens with one attached hydrogen (secondary N) is 1. The Hall–Kier alpha value is -0.510. The van der Waals surface area contributed by atoms with E-state index in [-0.39, 0.29) is 0 Å². The molecule has 0 amide bonds. The fraction of sp³-hybridized carbons (Fsp3) is 0.600. The van der Waals surface area contributed by atoms with E-state index in [0.29, 0.717) is 12.1 Å². The van der Waals surface area contributed by atoms with Crippen LogP contribution < -0.4 is 5.32 Å². The predicted octanol–water partition coefficient (Wildman–Crippen LogP) is 2.77. The Kier molecular flexibility index (Phi) is 5.10. The van der Waals surface area contributed by atoms with Crippen molar-refractivity contribution in [3.8, 4) is 0 Å². The zero-order valence-electron chi connectivity index (χ0n) is 11.6. The maximum atomic E-state index is 3.53. The molecule has 2 rings (SSSR count). The summed E-state index contributed by atoms with van der Waals surface area (Å²) in [5.74, 6) is 1.18. The molecule has 1 saturated heterocycles. The van der Waals surface area contributed by atoms with Crippen LogP contribution in [-0.2, 0) is 0 Å². The summed E-state index contributed by atoms with van der Waals surface area (Å²) >= 11 is 1.96. The molecule has 1 aromatic carbocycles. The first-order chi connectivity index (χ1) is 8.65. The lowest BCUT2D eigenvalue weighted by atomic mass is 10.1. The minimum Gasteiger partial charge on any atom is -0.311 e. The van der Waals surface area contributed by atoms with Gasteiger partial charge in [-0.15, -0.1) is 11.8 Å². The number of thioether (sulfide) groups is 1. The van der Waals surface area contributed by atoms with Gasteiger partial charge in [0.15, 0.2) is 0 Å².